The average molecular weight is 321 g/mol. The van der Waals surface area contributed by atoms with Crippen LogP contribution in [0.15, 0.2) is 30.6 Å². The van der Waals surface area contributed by atoms with E-state index in [2.05, 4.69) is 57.9 Å². The van der Waals surface area contributed by atoms with Crippen LogP contribution in [0.25, 0.3) is 0 Å². The Kier molecular flexibility index (Phi) is 4.53. The smallest absolute Gasteiger partial charge is 0.216 e. The molecule has 0 bridgehead atoms. The third-order valence-electron chi connectivity index (χ3n) is 3.06. The SMILES string of the molecule is COc1cc(CC(Br)c2ccc(C)cc2C)ncn1. The predicted molar refractivity (Wildman–Crippen MR) is 79.9 cm³/mol. The standard InChI is InChI=1S/C15H17BrN2O/c1-10-4-5-13(11(2)6-10)14(16)7-12-8-15(19-3)18-9-17-12/h4-6,8-9,14H,7H2,1-3H3. The lowest BCUT2D eigenvalue weighted by Crippen LogP contribution is -2.01. The molecule has 1 atom stereocenters. The van der Waals surface area contributed by atoms with Gasteiger partial charge in [0.25, 0.3) is 0 Å². The molecule has 4 heteroatoms. The zero-order chi connectivity index (χ0) is 13.8. The van der Waals surface area contributed by atoms with Crippen molar-refractivity contribution in [3.8, 4) is 5.88 Å². The monoisotopic (exact) mass is 320 g/mol. The summed E-state index contributed by atoms with van der Waals surface area (Å²) in [6, 6.07) is 8.38. The van der Waals surface area contributed by atoms with Crippen molar-refractivity contribution in [2.24, 2.45) is 0 Å². The Bertz CT molecular complexity index is 572. The molecule has 0 aliphatic heterocycles. The van der Waals surface area contributed by atoms with E-state index in [4.69, 9.17) is 4.74 Å². The first-order valence-electron chi connectivity index (χ1n) is 6.16. The normalized spacial score (nSPS) is 12.2. The second kappa shape index (κ2) is 6.15. The first-order chi connectivity index (χ1) is 9.10. The van der Waals surface area contributed by atoms with Gasteiger partial charge in [-0.05, 0) is 25.0 Å². The number of hydrogen-bond donors (Lipinski definition) is 0. The van der Waals surface area contributed by atoms with Gasteiger partial charge in [0.15, 0.2) is 0 Å². The van der Waals surface area contributed by atoms with Gasteiger partial charge >= 0.3 is 0 Å². The summed E-state index contributed by atoms with van der Waals surface area (Å²) >= 11 is 3.74. The van der Waals surface area contributed by atoms with E-state index in [1.165, 1.54) is 23.0 Å². The zero-order valence-electron chi connectivity index (χ0n) is 11.4. The van der Waals surface area contributed by atoms with Gasteiger partial charge in [0.2, 0.25) is 5.88 Å². The number of aromatic nitrogens is 2. The fourth-order valence-corrected chi connectivity index (χ4v) is 2.92. The maximum atomic E-state index is 5.12. The highest BCUT2D eigenvalue weighted by Crippen LogP contribution is 2.29. The molecule has 100 valence electrons. The number of halogens is 1. The fraction of sp³-hybridized carbons (Fsp3) is 0.333. The first-order valence-corrected chi connectivity index (χ1v) is 7.08. The van der Waals surface area contributed by atoms with Gasteiger partial charge in [0, 0.05) is 23.0 Å². The second-order valence-electron chi connectivity index (χ2n) is 4.58. The average Bonchev–Trinajstić information content (AvgIpc) is 2.38. The van der Waals surface area contributed by atoms with Crippen LogP contribution in [-0.4, -0.2) is 17.1 Å². The molecule has 2 rings (SSSR count). The molecule has 1 heterocycles. The predicted octanol–water partition coefficient (Wildman–Crippen LogP) is 3.78. The molecule has 0 saturated carbocycles. The molecular formula is C15H17BrN2O. The largest absolute Gasteiger partial charge is 0.481 e. The maximum absolute atomic E-state index is 5.12. The van der Waals surface area contributed by atoms with Crippen LogP contribution in [0.1, 0.15) is 27.2 Å². The molecule has 0 amide bonds. The maximum Gasteiger partial charge on any atom is 0.216 e. The van der Waals surface area contributed by atoms with Gasteiger partial charge in [0.05, 0.1) is 7.11 Å². The summed E-state index contributed by atoms with van der Waals surface area (Å²) in [6.45, 7) is 4.24. The molecule has 0 aliphatic rings. The molecule has 1 aromatic heterocycles. The number of ether oxygens (including phenoxy) is 1. The van der Waals surface area contributed by atoms with E-state index >= 15 is 0 Å². The molecule has 0 fully saturated rings. The molecule has 0 radical (unpaired) electrons. The van der Waals surface area contributed by atoms with Crippen molar-refractivity contribution < 1.29 is 4.74 Å². The van der Waals surface area contributed by atoms with Crippen molar-refractivity contribution in [2.45, 2.75) is 25.1 Å². The number of rotatable bonds is 4. The van der Waals surface area contributed by atoms with Crippen LogP contribution in [-0.2, 0) is 6.42 Å². The lowest BCUT2D eigenvalue weighted by atomic mass is 10.0. The zero-order valence-corrected chi connectivity index (χ0v) is 12.9. The Hall–Kier alpha value is -1.42. The number of methoxy groups -OCH3 is 1. The van der Waals surface area contributed by atoms with E-state index in [0.29, 0.717) is 5.88 Å². The van der Waals surface area contributed by atoms with Crippen molar-refractivity contribution in [1.82, 2.24) is 9.97 Å². The highest BCUT2D eigenvalue weighted by molar-refractivity contribution is 9.09. The van der Waals surface area contributed by atoms with Gasteiger partial charge < -0.3 is 4.74 Å². The molecule has 0 aliphatic carbocycles. The van der Waals surface area contributed by atoms with Crippen LogP contribution in [0, 0.1) is 13.8 Å². The summed E-state index contributed by atoms with van der Waals surface area (Å²) in [4.78, 5) is 8.54. The molecule has 3 nitrogen and oxygen atoms in total. The molecule has 1 unspecified atom stereocenters. The van der Waals surface area contributed by atoms with E-state index < -0.39 is 0 Å². The van der Waals surface area contributed by atoms with Crippen molar-refractivity contribution in [1.29, 1.82) is 0 Å². The first kappa shape index (κ1) is 14.0. The van der Waals surface area contributed by atoms with Gasteiger partial charge in [-0.25, -0.2) is 9.97 Å². The van der Waals surface area contributed by atoms with Crippen LogP contribution < -0.4 is 4.74 Å². The summed E-state index contributed by atoms with van der Waals surface area (Å²) < 4.78 is 5.12. The fourth-order valence-electron chi connectivity index (χ4n) is 2.07. The lowest BCUT2D eigenvalue weighted by molar-refractivity contribution is 0.396. The molecule has 2 aromatic rings. The summed E-state index contributed by atoms with van der Waals surface area (Å²) in [5.74, 6) is 0.602. The van der Waals surface area contributed by atoms with E-state index in [9.17, 15) is 0 Å². The lowest BCUT2D eigenvalue weighted by Gasteiger charge is -2.13. The molecule has 19 heavy (non-hydrogen) atoms. The van der Waals surface area contributed by atoms with Gasteiger partial charge in [-0.15, -0.1) is 0 Å². The Labute approximate surface area is 122 Å². The van der Waals surface area contributed by atoms with Gasteiger partial charge in [-0.2, -0.15) is 0 Å². The minimum Gasteiger partial charge on any atom is -0.481 e. The molecule has 0 saturated heterocycles. The van der Waals surface area contributed by atoms with E-state index in [1.807, 2.05) is 6.07 Å². The van der Waals surface area contributed by atoms with Crippen LogP contribution in [0.5, 0.6) is 5.88 Å². The van der Waals surface area contributed by atoms with E-state index in [0.717, 1.165) is 12.1 Å². The van der Waals surface area contributed by atoms with Crippen molar-refractivity contribution in [3.63, 3.8) is 0 Å². The molecular weight excluding hydrogens is 304 g/mol. The number of alkyl halides is 1. The van der Waals surface area contributed by atoms with Gasteiger partial charge in [-0.3, -0.25) is 0 Å². The minimum absolute atomic E-state index is 0.243. The second-order valence-corrected chi connectivity index (χ2v) is 5.69. The van der Waals surface area contributed by atoms with E-state index in [1.54, 1.807) is 7.11 Å². The third-order valence-corrected chi connectivity index (χ3v) is 3.88. The van der Waals surface area contributed by atoms with Crippen LogP contribution in [0.3, 0.4) is 0 Å². The number of aryl methyl sites for hydroxylation is 2. The van der Waals surface area contributed by atoms with Crippen LogP contribution in [0.4, 0.5) is 0 Å². The summed E-state index contributed by atoms with van der Waals surface area (Å²) in [6.07, 6.45) is 2.35. The van der Waals surface area contributed by atoms with Crippen molar-refractivity contribution in [3.05, 3.63) is 53.0 Å². The molecule has 0 N–H and O–H groups in total. The minimum atomic E-state index is 0.243. The topological polar surface area (TPSA) is 35.0 Å². The highest BCUT2D eigenvalue weighted by atomic mass is 79.9. The number of benzene rings is 1. The van der Waals surface area contributed by atoms with Gasteiger partial charge in [-0.1, -0.05) is 39.7 Å². The molecule has 1 aromatic carbocycles. The van der Waals surface area contributed by atoms with Gasteiger partial charge in [0.1, 0.15) is 6.33 Å². The summed E-state index contributed by atoms with van der Waals surface area (Å²) in [7, 11) is 1.61. The highest BCUT2D eigenvalue weighted by Gasteiger charge is 2.12. The molecule has 0 spiro atoms. The summed E-state index contributed by atoms with van der Waals surface area (Å²) in [5, 5.41) is 0. The number of nitrogens with zero attached hydrogens (tertiary/aromatic N) is 2. The third kappa shape index (κ3) is 3.53. The van der Waals surface area contributed by atoms with Crippen LogP contribution in [0.2, 0.25) is 0 Å². The van der Waals surface area contributed by atoms with Crippen LogP contribution >= 0.6 is 15.9 Å². The number of hydrogen-bond acceptors (Lipinski definition) is 3. The van der Waals surface area contributed by atoms with Crippen molar-refractivity contribution in [2.75, 3.05) is 7.11 Å². The summed E-state index contributed by atoms with van der Waals surface area (Å²) in [5.41, 5.74) is 4.84. The van der Waals surface area contributed by atoms with E-state index in [-0.39, 0.29) is 4.83 Å². The Morgan fingerprint density at radius 2 is 2.00 bits per heavy atom. The Morgan fingerprint density at radius 3 is 2.68 bits per heavy atom. The quantitative estimate of drug-likeness (QED) is 0.804. The Morgan fingerprint density at radius 1 is 1.21 bits per heavy atom. The van der Waals surface area contributed by atoms with Crippen molar-refractivity contribution >= 4 is 15.9 Å². The Balaban J connectivity index is 2.17.